The number of nitrogens with one attached hydrogen (secondary N) is 6. The number of carbonyl (C=O) groups excluding carboxylic acids is 4. The molecule has 3 aromatic rings. The number of nitrogens with zero attached hydrogens (tertiary/aromatic N) is 2. The third-order valence-electron chi connectivity index (χ3n) is 8.50. The molecule has 4 rings (SSSR count). The maximum atomic E-state index is 14.0. The molecule has 6 N–H and O–H groups in total. The van der Waals surface area contributed by atoms with Crippen LogP contribution in [0.2, 0.25) is 0 Å². The number of anilines is 1. The zero-order chi connectivity index (χ0) is 38.0. The maximum absolute atomic E-state index is 14.0. The number of halogens is 1. The van der Waals surface area contributed by atoms with Crippen molar-refractivity contribution in [1.82, 2.24) is 36.3 Å². The average Bonchev–Trinajstić information content (AvgIpc) is 3.62. The molecule has 1 aliphatic heterocycles. The van der Waals surface area contributed by atoms with Gasteiger partial charge in [0.1, 0.15) is 6.04 Å². The molecule has 2 heterocycles. The van der Waals surface area contributed by atoms with Gasteiger partial charge in [0, 0.05) is 59.6 Å². The minimum Gasteiger partial charge on any atom is -0.355 e. The van der Waals surface area contributed by atoms with Gasteiger partial charge in [0.25, 0.3) is 11.8 Å². The van der Waals surface area contributed by atoms with E-state index >= 15 is 0 Å². The van der Waals surface area contributed by atoms with E-state index in [4.69, 9.17) is 0 Å². The molecule has 4 atom stereocenters. The van der Waals surface area contributed by atoms with Crippen LogP contribution < -0.4 is 35.6 Å². The monoisotopic (exact) mass is 818 g/mol. The van der Waals surface area contributed by atoms with Gasteiger partial charge >= 0.3 is 10.2 Å². The molecule has 1 saturated heterocycles. The molecule has 1 fully saturated rings. The molecule has 0 aliphatic carbocycles. The van der Waals surface area contributed by atoms with Gasteiger partial charge in [0.2, 0.25) is 11.8 Å². The Hall–Kier alpha value is -3.90. The van der Waals surface area contributed by atoms with E-state index in [0.29, 0.717) is 19.4 Å². The standard InChI is InChI=1S/C35H47BrN8O6S2/c1-6-37-35(48)31(21(2)3)43-32(45)23(5)38-18-28(17-29-19-51-20-39-29)42-34(47)26-14-25(15-30(16-26)44-13-7-12-40-52(44,49)50)33(46)41-22(4)24-8-10-27(36)11-9-24/h8-11,14-16,19-23,28,31,38,40H,6-7,12-13,17-18H2,1-5H3,(H,37,48)(H,41,46)(H,42,47)(H,43,45)/t22-,23+,28+,31+/m1/s1. The van der Waals surface area contributed by atoms with Crippen LogP contribution in [-0.4, -0.2) is 81.3 Å². The quantitative estimate of drug-likeness (QED) is 0.127. The second-order valence-electron chi connectivity index (χ2n) is 12.9. The van der Waals surface area contributed by atoms with Gasteiger partial charge in [0.05, 0.1) is 29.0 Å². The highest BCUT2D eigenvalue weighted by Crippen LogP contribution is 2.25. The Balaban J connectivity index is 1.57. The van der Waals surface area contributed by atoms with Crippen molar-refractivity contribution in [3.05, 3.63) is 80.2 Å². The Morgan fingerprint density at radius 2 is 1.63 bits per heavy atom. The summed E-state index contributed by atoms with van der Waals surface area (Å²) < 4.78 is 30.6. The first-order chi connectivity index (χ1) is 24.7. The topological polar surface area (TPSA) is 191 Å². The van der Waals surface area contributed by atoms with Crippen molar-refractivity contribution in [1.29, 1.82) is 0 Å². The predicted molar refractivity (Wildman–Crippen MR) is 205 cm³/mol. The summed E-state index contributed by atoms with van der Waals surface area (Å²) in [6.07, 6.45) is 0.860. The maximum Gasteiger partial charge on any atom is 0.301 e. The Morgan fingerprint density at radius 3 is 2.23 bits per heavy atom. The highest BCUT2D eigenvalue weighted by molar-refractivity contribution is 9.10. The number of amides is 4. The first-order valence-corrected chi connectivity index (χ1v) is 20.3. The van der Waals surface area contributed by atoms with Crippen molar-refractivity contribution in [2.75, 3.05) is 30.5 Å². The lowest BCUT2D eigenvalue weighted by Crippen LogP contribution is -2.55. The van der Waals surface area contributed by atoms with Crippen molar-refractivity contribution in [2.24, 2.45) is 5.92 Å². The Labute approximate surface area is 317 Å². The first-order valence-electron chi connectivity index (χ1n) is 17.2. The molecule has 1 aliphatic rings. The van der Waals surface area contributed by atoms with E-state index in [1.165, 1.54) is 29.5 Å². The lowest BCUT2D eigenvalue weighted by atomic mass is 10.0. The molecule has 0 spiro atoms. The normalized spacial score (nSPS) is 16.3. The van der Waals surface area contributed by atoms with Gasteiger partial charge in [-0.15, -0.1) is 11.3 Å². The van der Waals surface area contributed by atoms with Gasteiger partial charge in [-0.05, 0) is 69.0 Å². The molecular weight excluding hydrogens is 772 g/mol. The van der Waals surface area contributed by atoms with Crippen LogP contribution in [0.5, 0.6) is 0 Å². The van der Waals surface area contributed by atoms with Gasteiger partial charge in [-0.25, -0.2) is 4.98 Å². The zero-order valence-electron chi connectivity index (χ0n) is 29.9. The van der Waals surface area contributed by atoms with Crippen molar-refractivity contribution >= 4 is 66.8 Å². The van der Waals surface area contributed by atoms with Gasteiger partial charge in [-0.2, -0.15) is 13.1 Å². The molecule has 14 nitrogen and oxygen atoms in total. The minimum atomic E-state index is -3.90. The summed E-state index contributed by atoms with van der Waals surface area (Å²) in [6, 6.07) is 9.47. The molecule has 2 aromatic carbocycles. The number of thiazole rings is 1. The molecule has 0 radical (unpaired) electrons. The molecular formula is C35H47BrN8O6S2. The fourth-order valence-corrected chi connectivity index (χ4v) is 7.71. The first kappa shape index (κ1) is 40.9. The van der Waals surface area contributed by atoms with E-state index in [1.54, 1.807) is 12.4 Å². The average molecular weight is 820 g/mol. The van der Waals surface area contributed by atoms with E-state index in [-0.39, 0.29) is 60.2 Å². The number of aromatic nitrogens is 1. The van der Waals surface area contributed by atoms with Crippen molar-refractivity contribution in [2.45, 2.75) is 71.6 Å². The fraction of sp³-hybridized carbons (Fsp3) is 0.457. The Kier molecular flexibility index (Phi) is 14.7. The fourth-order valence-electron chi connectivity index (χ4n) is 5.56. The lowest BCUT2D eigenvalue weighted by molar-refractivity contribution is -0.130. The van der Waals surface area contributed by atoms with Crippen molar-refractivity contribution < 1.29 is 27.6 Å². The van der Waals surface area contributed by atoms with Crippen molar-refractivity contribution in [3.63, 3.8) is 0 Å². The second kappa shape index (κ2) is 18.7. The summed E-state index contributed by atoms with van der Waals surface area (Å²) in [4.78, 5) is 57.6. The summed E-state index contributed by atoms with van der Waals surface area (Å²) in [5.41, 5.74) is 3.63. The number of carbonyl (C=O) groups is 4. The van der Waals surface area contributed by atoms with Crippen LogP contribution in [0.3, 0.4) is 0 Å². The summed E-state index contributed by atoms with van der Waals surface area (Å²) in [6.45, 7) is 10.1. The van der Waals surface area contributed by atoms with Crippen LogP contribution in [0.15, 0.2) is 57.8 Å². The predicted octanol–water partition coefficient (Wildman–Crippen LogP) is 3.04. The number of rotatable bonds is 16. The van der Waals surface area contributed by atoms with Gasteiger partial charge < -0.3 is 26.6 Å². The highest BCUT2D eigenvalue weighted by Gasteiger charge is 2.29. The molecule has 4 amide bonds. The SMILES string of the molecule is CCNC(=O)[C@@H](NC(=O)[C@H](C)NC[C@H](Cc1cscn1)NC(=O)c1cc(C(=O)N[C@H](C)c2ccc(Br)cc2)cc(N2CCCNS2(=O)=O)c1)C(C)C. The molecule has 17 heteroatoms. The number of hydrogen-bond acceptors (Lipinski definition) is 9. The molecule has 52 heavy (non-hydrogen) atoms. The third-order valence-corrected chi connectivity index (χ3v) is 11.2. The van der Waals surface area contributed by atoms with Crippen LogP contribution in [-0.2, 0) is 26.2 Å². The van der Waals surface area contributed by atoms with E-state index in [2.05, 4.69) is 52.2 Å². The largest absolute Gasteiger partial charge is 0.355 e. The number of likely N-dealkylation sites (N-methyl/N-ethyl adjacent to an activating group) is 1. The summed E-state index contributed by atoms with van der Waals surface area (Å²) >= 11 is 4.82. The van der Waals surface area contributed by atoms with Crippen LogP contribution >= 0.6 is 27.3 Å². The van der Waals surface area contributed by atoms with Crippen LogP contribution in [0.4, 0.5) is 5.69 Å². The molecule has 1 aromatic heterocycles. The van der Waals surface area contributed by atoms with E-state index in [1.807, 2.05) is 57.3 Å². The van der Waals surface area contributed by atoms with Gasteiger partial charge in [-0.3, -0.25) is 23.5 Å². The lowest BCUT2D eigenvalue weighted by Gasteiger charge is -2.29. The van der Waals surface area contributed by atoms with E-state index in [9.17, 15) is 27.6 Å². The number of hydrogen-bond donors (Lipinski definition) is 6. The smallest absolute Gasteiger partial charge is 0.301 e. The Morgan fingerprint density at radius 1 is 0.962 bits per heavy atom. The molecule has 0 unspecified atom stereocenters. The highest BCUT2D eigenvalue weighted by atomic mass is 79.9. The van der Waals surface area contributed by atoms with Crippen molar-refractivity contribution in [3.8, 4) is 0 Å². The molecule has 0 saturated carbocycles. The van der Waals surface area contributed by atoms with Crippen LogP contribution in [0, 0.1) is 5.92 Å². The number of benzene rings is 2. The van der Waals surface area contributed by atoms with Gasteiger partial charge in [-0.1, -0.05) is 41.9 Å². The second-order valence-corrected chi connectivity index (χ2v) is 16.3. The zero-order valence-corrected chi connectivity index (χ0v) is 33.1. The summed E-state index contributed by atoms with van der Waals surface area (Å²) in [5, 5.41) is 16.5. The third kappa shape index (κ3) is 11.3. The van der Waals surface area contributed by atoms with E-state index < -0.39 is 40.1 Å². The summed E-state index contributed by atoms with van der Waals surface area (Å²) in [5.74, 6) is -1.81. The Bertz CT molecular complexity index is 1810. The molecule has 282 valence electrons. The molecule has 0 bridgehead atoms. The minimum absolute atomic E-state index is 0.0792. The van der Waals surface area contributed by atoms with E-state index in [0.717, 1.165) is 20.0 Å². The van der Waals surface area contributed by atoms with Crippen LogP contribution in [0.25, 0.3) is 0 Å². The van der Waals surface area contributed by atoms with Crippen LogP contribution in [0.1, 0.15) is 79.1 Å². The van der Waals surface area contributed by atoms with Gasteiger partial charge in [0.15, 0.2) is 0 Å². The summed E-state index contributed by atoms with van der Waals surface area (Å²) in [7, 11) is -3.90.